The largest absolute Gasteiger partial charge is 0.322 e. The van der Waals surface area contributed by atoms with E-state index in [4.69, 9.17) is 0 Å². The molecule has 0 unspecified atom stereocenters. The van der Waals surface area contributed by atoms with Crippen molar-refractivity contribution in [2.45, 2.75) is 70.4 Å². The second-order valence-corrected chi connectivity index (χ2v) is 9.10. The highest BCUT2D eigenvalue weighted by molar-refractivity contribution is 5.85. The third kappa shape index (κ3) is 4.40. The van der Waals surface area contributed by atoms with E-state index in [1.807, 2.05) is 0 Å². The summed E-state index contributed by atoms with van der Waals surface area (Å²) in [7, 11) is 0. The van der Waals surface area contributed by atoms with Gasteiger partial charge in [0.25, 0.3) is 5.56 Å². The smallest absolute Gasteiger partial charge is 0.251 e. The molecular formula is C24H34ClN3O. The van der Waals surface area contributed by atoms with Crippen LogP contribution in [0.1, 0.15) is 61.6 Å². The molecule has 0 radical (unpaired) electrons. The molecule has 2 saturated heterocycles. The minimum absolute atomic E-state index is 0. The van der Waals surface area contributed by atoms with Gasteiger partial charge in [-0.05, 0) is 101 Å². The Hall–Kier alpha value is -1.36. The topological polar surface area (TPSA) is 39.3 Å². The van der Waals surface area contributed by atoms with Gasteiger partial charge in [0.15, 0.2) is 0 Å². The molecule has 158 valence electrons. The monoisotopic (exact) mass is 415 g/mol. The lowest BCUT2D eigenvalue weighted by Gasteiger charge is -2.40. The summed E-state index contributed by atoms with van der Waals surface area (Å²) in [5.41, 5.74) is 4.89. The second-order valence-electron chi connectivity index (χ2n) is 9.10. The Kier molecular flexibility index (Phi) is 6.63. The molecule has 1 aromatic carbocycles. The molecule has 2 fully saturated rings. The lowest BCUT2D eigenvalue weighted by molar-refractivity contribution is 0.0897. The molecule has 1 aromatic heterocycles. The van der Waals surface area contributed by atoms with Crippen LogP contribution >= 0.6 is 12.4 Å². The maximum absolute atomic E-state index is 12.4. The van der Waals surface area contributed by atoms with Crippen molar-refractivity contribution >= 4 is 23.3 Å². The van der Waals surface area contributed by atoms with Crippen LogP contribution in [0, 0.1) is 0 Å². The van der Waals surface area contributed by atoms with Gasteiger partial charge in [0.05, 0.1) is 0 Å². The van der Waals surface area contributed by atoms with E-state index in [0.29, 0.717) is 0 Å². The minimum atomic E-state index is 0. The van der Waals surface area contributed by atoms with Crippen LogP contribution in [-0.2, 0) is 19.4 Å². The molecule has 2 aliphatic heterocycles. The van der Waals surface area contributed by atoms with Gasteiger partial charge in [0, 0.05) is 29.1 Å². The lowest BCUT2D eigenvalue weighted by Crippen LogP contribution is -2.46. The Morgan fingerprint density at radius 1 is 0.897 bits per heavy atom. The minimum Gasteiger partial charge on any atom is -0.322 e. The zero-order valence-corrected chi connectivity index (χ0v) is 18.2. The van der Waals surface area contributed by atoms with E-state index in [9.17, 15) is 4.79 Å². The van der Waals surface area contributed by atoms with Crippen LogP contribution in [0.15, 0.2) is 23.0 Å². The fourth-order valence-electron chi connectivity index (χ4n) is 5.68. The van der Waals surface area contributed by atoms with Gasteiger partial charge in [-0.1, -0.05) is 12.5 Å². The van der Waals surface area contributed by atoms with Crippen molar-refractivity contribution in [3.8, 4) is 0 Å². The highest BCUT2D eigenvalue weighted by Gasteiger charge is 2.25. The van der Waals surface area contributed by atoms with Gasteiger partial charge in [-0.25, -0.2) is 0 Å². The average molecular weight is 416 g/mol. The summed E-state index contributed by atoms with van der Waals surface area (Å²) in [6.45, 7) is 6.10. The van der Waals surface area contributed by atoms with E-state index in [1.165, 1.54) is 81.2 Å². The molecule has 1 N–H and O–H groups in total. The molecule has 0 saturated carbocycles. The third-order valence-electron chi connectivity index (χ3n) is 7.27. The molecule has 2 aromatic rings. The average Bonchev–Trinajstić information content (AvgIpc) is 2.76. The number of piperidine rings is 2. The van der Waals surface area contributed by atoms with Crippen molar-refractivity contribution in [3.63, 3.8) is 0 Å². The quantitative estimate of drug-likeness (QED) is 0.813. The number of aromatic amines is 1. The number of aromatic nitrogens is 1. The van der Waals surface area contributed by atoms with E-state index in [1.54, 1.807) is 0 Å². The van der Waals surface area contributed by atoms with Gasteiger partial charge in [-0.15, -0.1) is 12.4 Å². The van der Waals surface area contributed by atoms with Crippen LogP contribution in [0.25, 0.3) is 10.9 Å². The predicted molar refractivity (Wildman–Crippen MR) is 122 cm³/mol. The molecule has 1 aliphatic carbocycles. The highest BCUT2D eigenvalue weighted by atomic mass is 35.5. The molecule has 5 heteroatoms. The Morgan fingerprint density at radius 2 is 1.62 bits per heavy atom. The van der Waals surface area contributed by atoms with E-state index in [2.05, 4.69) is 33.0 Å². The zero-order valence-electron chi connectivity index (χ0n) is 17.4. The van der Waals surface area contributed by atoms with Gasteiger partial charge in [0.1, 0.15) is 0 Å². The predicted octanol–water partition coefficient (Wildman–Crippen LogP) is 4.28. The number of nitrogens with zero attached hydrogens (tertiary/aromatic N) is 2. The van der Waals surface area contributed by atoms with Gasteiger partial charge >= 0.3 is 0 Å². The van der Waals surface area contributed by atoms with Gasteiger partial charge in [-0.3, -0.25) is 9.69 Å². The summed E-state index contributed by atoms with van der Waals surface area (Å²) in [6.07, 6.45) is 11.2. The zero-order chi connectivity index (χ0) is 18.9. The molecule has 0 amide bonds. The van der Waals surface area contributed by atoms with Crippen molar-refractivity contribution in [3.05, 3.63) is 45.2 Å². The van der Waals surface area contributed by atoms with Crippen LogP contribution in [0.4, 0.5) is 0 Å². The summed E-state index contributed by atoms with van der Waals surface area (Å²) >= 11 is 0. The highest BCUT2D eigenvalue weighted by Crippen LogP contribution is 2.27. The number of rotatable bonds is 3. The van der Waals surface area contributed by atoms with E-state index < -0.39 is 0 Å². The molecule has 0 spiro atoms. The summed E-state index contributed by atoms with van der Waals surface area (Å²) in [5.74, 6) is 0. The molecule has 0 bridgehead atoms. The van der Waals surface area contributed by atoms with E-state index in [-0.39, 0.29) is 18.0 Å². The first-order valence-electron chi connectivity index (χ1n) is 11.4. The summed E-state index contributed by atoms with van der Waals surface area (Å²) in [5, 5.41) is 1.29. The maximum atomic E-state index is 12.4. The van der Waals surface area contributed by atoms with Gasteiger partial charge in [0.2, 0.25) is 0 Å². The van der Waals surface area contributed by atoms with Crippen LogP contribution in [-0.4, -0.2) is 47.0 Å². The van der Waals surface area contributed by atoms with E-state index in [0.717, 1.165) is 42.9 Å². The van der Waals surface area contributed by atoms with Crippen molar-refractivity contribution < 1.29 is 0 Å². The summed E-state index contributed by atoms with van der Waals surface area (Å²) < 4.78 is 0. The standard InChI is InChI=1S/C24H33N3O.ClH/c28-24-21-7-3-2-6-20(21)22-16-18(8-9-23(22)25-24)17-26-14-10-19(11-15-26)27-12-4-1-5-13-27;/h8-9,16,19H,1-7,10-15,17H2,(H,25,28);1H. The van der Waals surface area contributed by atoms with Crippen molar-refractivity contribution in [1.82, 2.24) is 14.8 Å². The number of hydrogen-bond acceptors (Lipinski definition) is 3. The Bertz CT molecular complexity index is 895. The van der Waals surface area contributed by atoms with Crippen LogP contribution in [0.3, 0.4) is 0 Å². The Balaban J connectivity index is 0.00000205. The van der Waals surface area contributed by atoms with Crippen molar-refractivity contribution in [2.24, 2.45) is 0 Å². The van der Waals surface area contributed by atoms with Crippen molar-refractivity contribution in [2.75, 3.05) is 26.2 Å². The number of H-pyrrole nitrogens is 1. The number of fused-ring (bicyclic) bond motifs is 3. The lowest BCUT2D eigenvalue weighted by atomic mass is 9.89. The number of hydrogen-bond donors (Lipinski definition) is 1. The van der Waals surface area contributed by atoms with Crippen LogP contribution in [0.2, 0.25) is 0 Å². The Labute approximate surface area is 180 Å². The van der Waals surface area contributed by atoms with E-state index >= 15 is 0 Å². The first kappa shape index (κ1) is 20.9. The number of halogens is 1. The molecule has 0 atom stereocenters. The van der Waals surface area contributed by atoms with Crippen LogP contribution in [0.5, 0.6) is 0 Å². The SMILES string of the molecule is Cl.O=c1[nH]c2ccc(CN3CCC(N4CCCCC4)CC3)cc2c2c1CCCC2. The molecule has 3 aliphatic rings. The van der Waals surface area contributed by atoms with Gasteiger partial charge in [-0.2, -0.15) is 0 Å². The fraction of sp³-hybridized carbons (Fsp3) is 0.625. The van der Waals surface area contributed by atoms with Gasteiger partial charge < -0.3 is 9.88 Å². The number of aryl methyl sites for hydroxylation is 1. The number of likely N-dealkylation sites (tertiary alicyclic amines) is 2. The fourth-order valence-corrected chi connectivity index (χ4v) is 5.68. The molecule has 5 rings (SSSR count). The molecule has 3 heterocycles. The second kappa shape index (κ2) is 9.20. The first-order valence-corrected chi connectivity index (χ1v) is 11.4. The summed E-state index contributed by atoms with van der Waals surface area (Å²) in [6, 6.07) is 7.50. The number of nitrogens with one attached hydrogen (secondary N) is 1. The normalized spacial score (nSPS) is 21.7. The molecular weight excluding hydrogens is 382 g/mol. The number of benzene rings is 1. The summed E-state index contributed by atoms with van der Waals surface area (Å²) in [4.78, 5) is 20.9. The number of pyridine rings is 1. The van der Waals surface area contributed by atoms with Crippen molar-refractivity contribution in [1.29, 1.82) is 0 Å². The third-order valence-corrected chi connectivity index (χ3v) is 7.27. The van der Waals surface area contributed by atoms with Crippen LogP contribution < -0.4 is 5.56 Å². The molecule has 29 heavy (non-hydrogen) atoms. The maximum Gasteiger partial charge on any atom is 0.251 e. The first-order chi connectivity index (χ1) is 13.8. The molecule has 4 nitrogen and oxygen atoms in total. The Morgan fingerprint density at radius 3 is 2.38 bits per heavy atom.